The Balaban J connectivity index is 2.49. The molecule has 1 aromatic heterocycles. The van der Waals surface area contributed by atoms with E-state index < -0.39 is 0 Å². The average molecular weight is 140 g/mol. The monoisotopic (exact) mass is 140 g/mol. The van der Waals surface area contributed by atoms with Gasteiger partial charge in [-0.25, -0.2) is 0 Å². The van der Waals surface area contributed by atoms with Crippen molar-refractivity contribution in [3.05, 3.63) is 21.9 Å². The van der Waals surface area contributed by atoms with Crippen LogP contribution in [-0.4, -0.2) is 5.11 Å². The molecule has 1 nitrogen and oxygen atoms in total. The molecule has 0 amide bonds. The summed E-state index contributed by atoms with van der Waals surface area (Å²) in [5.41, 5.74) is 1.17. The Bertz CT molecular complexity index is 216. The highest BCUT2D eigenvalue weighted by molar-refractivity contribution is 7.10. The zero-order valence-electron chi connectivity index (χ0n) is 5.00. The molecule has 0 aromatic carbocycles. The summed E-state index contributed by atoms with van der Waals surface area (Å²) in [6.45, 7) is 0. The first-order valence-corrected chi connectivity index (χ1v) is 4.00. The van der Waals surface area contributed by atoms with E-state index in [0.717, 1.165) is 12.8 Å². The first-order chi connectivity index (χ1) is 4.38. The van der Waals surface area contributed by atoms with Crippen LogP contribution in [0.25, 0.3) is 0 Å². The lowest BCUT2D eigenvalue weighted by Crippen LogP contribution is -1.86. The largest absolute Gasteiger partial charge is 0.388 e. The summed E-state index contributed by atoms with van der Waals surface area (Å²) in [4.78, 5) is 1.38. The molecule has 0 saturated heterocycles. The number of aliphatic hydroxyl groups excluding tert-OH is 1. The van der Waals surface area contributed by atoms with E-state index >= 15 is 0 Å². The molecule has 0 fully saturated rings. The SMILES string of the molecule is O[C@H]1CCc2sccc21. The third kappa shape index (κ3) is 0.705. The molecule has 0 aliphatic heterocycles. The van der Waals surface area contributed by atoms with Gasteiger partial charge in [0.05, 0.1) is 6.10 Å². The molecule has 1 aromatic rings. The lowest BCUT2D eigenvalue weighted by atomic mass is 10.2. The second-order valence-corrected chi connectivity index (χ2v) is 3.35. The predicted molar refractivity (Wildman–Crippen MR) is 37.6 cm³/mol. The van der Waals surface area contributed by atoms with Crippen LogP contribution in [0.3, 0.4) is 0 Å². The number of fused-ring (bicyclic) bond motifs is 1. The van der Waals surface area contributed by atoms with Crippen molar-refractivity contribution >= 4 is 11.3 Å². The summed E-state index contributed by atoms with van der Waals surface area (Å²) >= 11 is 1.76. The Hall–Kier alpha value is -0.340. The summed E-state index contributed by atoms with van der Waals surface area (Å²) in [6, 6.07) is 2.03. The molecule has 2 heteroatoms. The molecule has 0 spiro atoms. The molecular formula is C7H8OS. The number of aryl methyl sites for hydroxylation is 1. The van der Waals surface area contributed by atoms with E-state index in [1.54, 1.807) is 11.3 Å². The Morgan fingerprint density at radius 3 is 3.33 bits per heavy atom. The van der Waals surface area contributed by atoms with Gasteiger partial charge in [-0.2, -0.15) is 0 Å². The first kappa shape index (κ1) is 5.45. The van der Waals surface area contributed by atoms with Gasteiger partial charge in [-0.15, -0.1) is 11.3 Å². The van der Waals surface area contributed by atoms with Crippen LogP contribution in [0.2, 0.25) is 0 Å². The Morgan fingerprint density at radius 2 is 2.56 bits per heavy atom. The topological polar surface area (TPSA) is 20.2 Å². The summed E-state index contributed by atoms with van der Waals surface area (Å²) in [5.74, 6) is 0. The lowest BCUT2D eigenvalue weighted by Gasteiger charge is -1.95. The van der Waals surface area contributed by atoms with Gasteiger partial charge in [-0.05, 0) is 29.9 Å². The van der Waals surface area contributed by atoms with E-state index in [-0.39, 0.29) is 6.10 Å². The van der Waals surface area contributed by atoms with Crippen molar-refractivity contribution in [2.75, 3.05) is 0 Å². The molecule has 48 valence electrons. The van der Waals surface area contributed by atoms with Gasteiger partial charge in [0.2, 0.25) is 0 Å². The summed E-state index contributed by atoms with van der Waals surface area (Å²) in [7, 11) is 0. The van der Waals surface area contributed by atoms with Crippen LogP contribution in [-0.2, 0) is 6.42 Å². The molecule has 1 aliphatic rings. The molecule has 0 saturated carbocycles. The molecule has 1 heterocycles. The summed E-state index contributed by atoms with van der Waals surface area (Å²) < 4.78 is 0. The van der Waals surface area contributed by atoms with Crippen LogP contribution in [0.5, 0.6) is 0 Å². The van der Waals surface area contributed by atoms with Gasteiger partial charge in [0.25, 0.3) is 0 Å². The number of aliphatic hydroxyl groups is 1. The van der Waals surface area contributed by atoms with Crippen LogP contribution in [0.1, 0.15) is 23.0 Å². The molecule has 9 heavy (non-hydrogen) atoms. The molecule has 0 bridgehead atoms. The van der Waals surface area contributed by atoms with Gasteiger partial charge in [-0.3, -0.25) is 0 Å². The molecule has 1 atom stereocenters. The van der Waals surface area contributed by atoms with E-state index in [0.29, 0.717) is 0 Å². The maximum absolute atomic E-state index is 9.28. The molecule has 1 aliphatic carbocycles. The van der Waals surface area contributed by atoms with Gasteiger partial charge in [-0.1, -0.05) is 0 Å². The highest BCUT2D eigenvalue weighted by Gasteiger charge is 2.20. The molecule has 2 rings (SSSR count). The predicted octanol–water partition coefficient (Wildman–Crippen LogP) is 1.73. The van der Waals surface area contributed by atoms with Crippen molar-refractivity contribution in [1.29, 1.82) is 0 Å². The number of thiophene rings is 1. The summed E-state index contributed by atoms with van der Waals surface area (Å²) in [5, 5.41) is 11.3. The third-order valence-corrected chi connectivity index (χ3v) is 2.78. The third-order valence-electron chi connectivity index (χ3n) is 1.78. The van der Waals surface area contributed by atoms with Crippen molar-refractivity contribution < 1.29 is 5.11 Å². The van der Waals surface area contributed by atoms with Crippen molar-refractivity contribution in [3.8, 4) is 0 Å². The van der Waals surface area contributed by atoms with Crippen LogP contribution < -0.4 is 0 Å². The van der Waals surface area contributed by atoms with Gasteiger partial charge >= 0.3 is 0 Å². The second kappa shape index (κ2) is 1.82. The van der Waals surface area contributed by atoms with E-state index in [4.69, 9.17) is 0 Å². The lowest BCUT2D eigenvalue weighted by molar-refractivity contribution is 0.180. The van der Waals surface area contributed by atoms with Crippen molar-refractivity contribution in [2.24, 2.45) is 0 Å². The van der Waals surface area contributed by atoms with E-state index in [1.807, 2.05) is 11.4 Å². The fraction of sp³-hybridized carbons (Fsp3) is 0.429. The zero-order chi connectivity index (χ0) is 6.27. The highest BCUT2D eigenvalue weighted by atomic mass is 32.1. The highest BCUT2D eigenvalue weighted by Crippen LogP contribution is 2.34. The van der Waals surface area contributed by atoms with Crippen LogP contribution in [0.4, 0.5) is 0 Å². The van der Waals surface area contributed by atoms with E-state index in [1.165, 1.54) is 10.4 Å². The van der Waals surface area contributed by atoms with Crippen LogP contribution >= 0.6 is 11.3 Å². The zero-order valence-corrected chi connectivity index (χ0v) is 5.82. The second-order valence-electron chi connectivity index (χ2n) is 2.35. The van der Waals surface area contributed by atoms with Crippen molar-refractivity contribution in [3.63, 3.8) is 0 Å². The average Bonchev–Trinajstić information content (AvgIpc) is 2.35. The van der Waals surface area contributed by atoms with Crippen LogP contribution in [0.15, 0.2) is 11.4 Å². The van der Waals surface area contributed by atoms with Gasteiger partial charge in [0, 0.05) is 4.88 Å². The summed E-state index contributed by atoms with van der Waals surface area (Å²) in [6.07, 6.45) is 1.85. The Morgan fingerprint density at radius 1 is 1.67 bits per heavy atom. The van der Waals surface area contributed by atoms with Crippen molar-refractivity contribution in [2.45, 2.75) is 18.9 Å². The van der Waals surface area contributed by atoms with E-state index in [2.05, 4.69) is 0 Å². The minimum absolute atomic E-state index is 0.161. The van der Waals surface area contributed by atoms with Gasteiger partial charge in [0.1, 0.15) is 0 Å². The van der Waals surface area contributed by atoms with E-state index in [9.17, 15) is 5.11 Å². The number of hydrogen-bond acceptors (Lipinski definition) is 2. The normalized spacial score (nSPS) is 24.3. The maximum Gasteiger partial charge on any atom is 0.0804 e. The van der Waals surface area contributed by atoms with Crippen LogP contribution in [0, 0.1) is 0 Å². The smallest absolute Gasteiger partial charge is 0.0804 e. The molecule has 1 N–H and O–H groups in total. The minimum Gasteiger partial charge on any atom is -0.388 e. The Kier molecular flexibility index (Phi) is 1.10. The quantitative estimate of drug-likeness (QED) is 0.582. The standard InChI is InChI=1S/C7H8OS/c8-6-1-2-7-5(6)3-4-9-7/h3-4,6,8H,1-2H2/t6-/m0/s1. The maximum atomic E-state index is 9.28. The number of rotatable bonds is 0. The fourth-order valence-electron chi connectivity index (χ4n) is 1.27. The molecule has 0 radical (unpaired) electrons. The number of hydrogen-bond donors (Lipinski definition) is 1. The molecule has 0 unspecified atom stereocenters. The fourth-order valence-corrected chi connectivity index (χ4v) is 2.23. The Labute approximate surface area is 58.0 Å². The minimum atomic E-state index is -0.161. The first-order valence-electron chi connectivity index (χ1n) is 3.12. The molecular weight excluding hydrogens is 132 g/mol. The van der Waals surface area contributed by atoms with Gasteiger partial charge in [0.15, 0.2) is 0 Å². The van der Waals surface area contributed by atoms with Crippen molar-refractivity contribution in [1.82, 2.24) is 0 Å². The van der Waals surface area contributed by atoms with Gasteiger partial charge < -0.3 is 5.11 Å².